The summed E-state index contributed by atoms with van der Waals surface area (Å²) in [6.07, 6.45) is 10.8. The molecule has 0 unspecified atom stereocenters. The molecule has 0 aromatic heterocycles. The number of hydrogen-bond donors (Lipinski definition) is 0. The van der Waals surface area contributed by atoms with Crippen LogP contribution in [-0.4, -0.2) is 71.7 Å². The van der Waals surface area contributed by atoms with E-state index in [2.05, 4.69) is 78.4 Å². The summed E-state index contributed by atoms with van der Waals surface area (Å²) in [6.45, 7) is 27.7. The van der Waals surface area contributed by atoms with Gasteiger partial charge in [0.15, 0.2) is 0 Å². The van der Waals surface area contributed by atoms with Crippen molar-refractivity contribution in [3.63, 3.8) is 0 Å². The second-order valence-electron chi connectivity index (χ2n) is 12.5. The van der Waals surface area contributed by atoms with Gasteiger partial charge >= 0.3 is 17.6 Å². The second-order valence-corrected chi connectivity index (χ2v) is 35.3. The van der Waals surface area contributed by atoms with Gasteiger partial charge in [0.05, 0.1) is 0 Å². The van der Waals surface area contributed by atoms with Crippen molar-refractivity contribution in [3.8, 4) is 0 Å². The average Bonchev–Trinajstić information content (AvgIpc) is 2.93. The van der Waals surface area contributed by atoms with Crippen LogP contribution in [0.1, 0.15) is 106 Å². The molecule has 0 spiro atoms. The third-order valence-corrected chi connectivity index (χ3v) is 31.2. The van der Waals surface area contributed by atoms with Crippen molar-refractivity contribution in [2.75, 3.05) is 39.6 Å². The third kappa shape index (κ3) is 20.6. The van der Waals surface area contributed by atoms with Gasteiger partial charge in [-0.3, -0.25) is 0 Å². The first kappa shape index (κ1) is 42.0. The minimum absolute atomic E-state index is 0.735. The molecule has 0 radical (unpaired) electrons. The Balaban J connectivity index is 4.90. The first-order valence-corrected chi connectivity index (χ1v) is 29.6. The van der Waals surface area contributed by atoms with E-state index in [0.29, 0.717) is 0 Å². The molecule has 0 fully saturated rings. The van der Waals surface area contributed by atoms with E-state index < -0.39 is 32.1 Å². The lowest BCUT2D eigenvalue weighted by molar-refractivity contribution is 0.0581. The molecule has 11 heteroatoms. The molecule has 0 aromatic carbocycles. The van der Waals surface area contributed by atoms with E-state index in [4.69, 9.17) is 26.6 Å². The van der Waals surface area contributed by atoms with Crippen molar-refractivity contribution in [3.05, 3.63) is 0 Å². The van der Waals surface area contributed by atoms with Gasteiger partial charge in [0.25, 0.3) is 0 Å². The molecular formula is C30H70O6SSi4. The van der Waals surface area contributed by atoms with Crippen LogP contribution in [0.5, 0.6) is 0 Å². The summed E-state index contributed by atoms with van der Waals surface area (Å²) in [7, 11) is -5.44. The van der Waals surface area contributed by atoms with Gasteiger partial charge in [0.2, 0.25) is 0 Å². The Hall–Kier alpha value is 0.978. The molecule has 0 rings (SSSR count). The predicted octanol–water partition coefficient (Wildman–Crippen LogP) is 10.1. The van der Waals surface area contributed by atoms with E-state index in [1.165, 1.54) is 24.9 Å². The van der Waals surface area contributed by atoms with Crippen LogP contribution in [0.25, 0.3) is 0 Å². The molecule has 0 amide bonds. The molecule has 0 aliphatic rings. The fourth-order valence-electron chi connectivity index (χ4n) is 4.86. The minimum Gasteiger partial charge on any atom is -0.373 e. The van der Waals surface area contributed by atoms with Gasteiger partial charge < -0.3 is 26.6 Å². The molecule has 0 saturated carbocycles. The van der Waals surface area contributed by atoms with E-state index in [0.717, 1.165) is 103 Å². The highest BCUT2D eigenvalue weighted by atomic mass is 32.5. The summed E-state index contributed by atoms with van der Waals surface area (Å²) in [5.41, 5.74) is 0. The topological polar surface area (TPSA) is 55.4 Å². The molecule has 41 heavy (non-hydrogen) atoms. The SMILES string of the molecule is CCCO[Si](CCCC[Si](C)(C)S[Si](C)(C)CCCC[Si](OCCC)(OCCC)OCCC)(OCCC)OCCC. The molecule has 0 bridgehead atoms. The summed E-state index contributed by atoms with van der Waals surface area (Å²) in [4.78, 5) is 0. The summed E-state index contributed by atoms with van der Waals surface area (Å²) in [6, 6.07) is 4.61. The lowest BCUT2D eigenvalue weighted by Crippen LogP contribution is -2.46. The van der Waals surface area contributed by atoms with E-state index in [1.54, 1.807) is 0 Å². The van der Waals surface area contributed by atoms with E-state index in [9.17, 15) is 0 Å². The van der Waals surface area contributed by atoms with E-state index >= 15 is 0 Å². The van der Waals surface area contributed by atoms with Crippen LogP contribution in [0.2, 0.25) is 50.4 Å². The van der Waals surface area contributed by atoms with Gasteiger partial charge in [-0.1, -0.05) is 80.6 Å². The second kappa shape index (κ2) is 24.2. The Bertz CT molecular complexity index is 522. The Morgan fingerprint density at radius 1 is 0.366 bits per heavy atom. The van der Waals surface area contributed by atoms with Gasteiger partial charge in [-0.15, -0.1) is 0 Å². The average molecular weight is 671 g/mol. The molecule has 0 N–H and O–H groups in total. The van der Waals surface area contributed by atoms with Crippen LogP contribution >= 0.6 is 10.7 Å². The molecule has 0 atom stereocenters. The number of hydrogen-bond acceptors (Lipinski definition) is 7. The van der Waals surface area contributed by atoms with E-state index in [-0.39, 0.29) is 0 Å². The van der Waals surface area contributed by atoms with Crippen molar-refractivity contribution in [1.82, 2.24) is 0 Å². The van der Waals surface area contributed by atoms with Crippen molar-refractivity contribution >= 4 is 42.7 Å². The van der Waals surface area contributed by atoms with Gasteiger partial charge in [-0.2, -0.15) is 0 Å². The number of unbranched alkanes of at least 4 members (excludes halogenated alkanes) is 2. The highest BCUT2D eigenvalue weighted by Gasteiger charge is 2.42. The van der Waals surface area contributed by atoms with Crippen LogP contribution in [0.4, 0.5) is 0 Å². The molecule has 0 aromatic rings. The molecule has 0 heterocycles. The highest BCUT2D eigenvalue weighted by Crippen LogP contribution is 2.38. The molecular weight excluding hydrogens is 601 g/mol. The predicted molar refractivity (Wildman–Crippen MR) is 189 cm³/mol. The molecule has 0 aliphatic heterocycles. The summed E-state index contributed by atoms with van der Waals surface area (Å²) >= 11 is 0. The smallest absolute Gasteiger partial charge is 0.373 e. The molecule has 0 aliphatic carbocycles. The van der Waals surface area contributed by atoms with Crippen molar-refractivity contribution < 1.29 is 26.6 Å². The molecule has 0 saturated heterocycles. The first-order chi connectivity index (χ1) is 19.5. The minimum atomic E-state index is -2.58. The normalized spacial score (nSPS) is 13.3. The molecule has 6 nitrogen and oxygen atoms in total. The Kier molecular flexibility index (Phi) is 24.8. The van der Waals surface area contributed by atoms with E-state index in [1.807, 2.05) is 0 Å². The van der Waals surface area contributed by atoms with Crippen molar-refractivity contribution in [2.24, 2.45) is 0 Å². The lowest BCUT2D eigenvalue weighted by Gasteiger charge is -2.33. The quantitative estimate of drug-likeness (QED) is 0.0557. The highest BCUT2D eigenvalue weighted by molar-refractivity contribution is 8.49. The third-order valence-electron chi connectivity index (χ3n) is 6.73. The Morgan fingerprint density at radius 3 is 0.805 bits per heavy atom. The summed E-state index contributed by atoms with van der Waals surface area (Å²) in [5, 5.41) is 0. The van der Waals surface area contributed by atoms with Gasteiger partial charge in [-0.25, -0.2) is 10.7 Å². The monoisotopic (exact) mass is 670 g/mol. The fraction of sp³-hybridized carbons (Fsp3) is 1.00. The lowest BCUT2D eigenvalue weighted by atomic mass is 10.4. The summed E-state index contributed by atoms with van der Waals surface area (Å²) in [5.74, 6) is 0. The standard InChI is InChI=1S/C30H70O6SSi4/c1-11-21-31-40(32-22-12-2,33-23-13-3)29-19-17-27-38(7,8)37-39(9,10)28-18-20-30-41(34-24-14-4,35-25-15-5)36-26-16-6/h11-30H2,1-10H3. The van der Waals surface area contributed by atoms with Crippen LogP contribution < -0.4 is 0 Å². The zero-order valence-corrected chi connectivity index (χ0v) is 33.8. The van der Waals surface area contributed by atoms with Crippen molar-refractivity contribution in [2.45, 2.75) is 156 Å². The number of rotatable bonds is 30. The summed E-state index contributed by atoms with van der Waals surface area (Å²) < 4.78 is 37.9. The first-order valence-electron chi connectivity index (χ1n) is 17.0. The van der Waals surface area contributed by atoms with Gasteiger partial charge in [0.1, 0.15) is 14.4 Å². The van der Waals surface area contributed by atoms with Gasteiger partial charge in [0, 0.05) is 51.7 Å². The van der Waals surface area contributed by atoms with Gasteiger partial charge in [-0.05, 0) is 63.5 Å². The van der Waals surface area contributed by atoms with Crippen LogP contribution in [0.3, 0.4) is 0 Å². The zero-order chi connectivity index (χ0) is 31.1. The largest absolute Gasteiger partial charge is 0.500 e. The maximum Gasteiger partial charge on any atom is 0.500 e. The molecule has 248 valence electrons. The Labute approximate surface area is 264 Å². The Morgan fingerprint density at radius 2 is 0.585 bits per heavy atom. The maximum atomic E-state index is 6.32. The van der Waals surface area contributed by atoms with Crippen LogP contribution in [0.15, 0.2) is 0 Å². The maximum absolute atomic E-state index is 6.32. The van der Waals surface area contributed by atoms with Crippen LogP contribution in [0, 0.1) is 0 Å². The fourth-order valence-corrected chi connectivity index (χ4v) is 35.9. The van der Waals surface area contributed by atoms with Crippen molar-refractivity contribution in [1.29, 1.82) is 0 Å². The zero-order valence-electron chi connectivity index (χ0n) is 29.0. The van der Waals surface area contributed by atoms with Crippen LogP contribution in [-0.2, 0) is 26.6 Å².